The molecule has 10 heteroatoms. The number of piperidine rings is 1. The topological polar surface area (TPSA) is 115 Å². The highest BCUT2D eigenvalue weighted by Crippen LogP contribution is 2.44. The summed E-state index contributed by atoms with van der Waals surface area (Å²) in [5.41, 5.74) is 8.40. The van der Waals surface area contributed by atoms with Crippen LogP contribution in [0.1, 0.15) is 61.6 Å². The minimum atomic E-state index is -0.893. The first-order valence-corrected chi connectivity index (χ1v) is 16.6. The maximum atomic E-state index is 14.1. The summed E-state index contributed by atoms with van der Waals surface area (Å²) in [4.78, 5) is 47.5. The van der Waals surface area contributed by atoms with E-state index in [2.05, 4.69) is 4.99 Å². The Morgan fingerprint density at radius 1 is 0.830 bits per heavy atom. The van der Waals surface area contributed by atoms with Gasteiger partial charge in [0, 0.05) is 18.1 Å². The SMILES string of the molecule is N/C(=N\C(=O)OCc1ccccc1)N(C(=O)OCc1ccccc1)C1(C2CCCCC2)CCN(C(=O)[CH]Cc2ccc(Cl)cc2)CC1. The molecule has 1 saturated heterocycles. The molecule has 2 fully saturated rings. The molecule has 0 atom stereocenters. The molecule has 2 aliphatic rings. The predicted octanol–water partition coefficient (Wildman–Crippen LogP) is 7.32. The van der Waals surface area contributed by atoms with Crippen molar-refractivity contribution >= 4 is 35.7 Å². The van der Waals surface area contributed by atoms with Crippen LogP contribution >= 0.6 is 11.6 Å². The highest BCUT2D eigenvalue weighted by molar-refractivity contribution is 6.30. The second kappa shape index (κ2) is 16.5. The summed E-state index contributed by atoms with van der Waals surface area (Å²) in [7, 11) is 0. The summed E-state index contributed by atoms with van der Waals surface area (Å²) in [6.07, 6.45) is 6.48. The molecule has 3 aromatic carbocycles. The Hall–Kier alpha value is -4.37. The highest BCUT2D eigenvalue weighted by atomic mass is 35.5. The molecule has 0 spiro atoms. The van der Waals surface area contributed by atoms with Gasteiger partial charge in [0.15, 0.2) is 0 Å². The van der Waals surface area contributed by atoms with Gasteiger partial charge >= 0.3 is 12.2 Å². The number of hydrogen-bond donors (Lipinski definition) is 1. The molecule has 3 aromatic rings. The number of benzene rings is 3. The van der Waals surface area contributed by atoms with Gasteiger partial charge in [-0.05, 0) is 66.8 Å². The molecule has 247 valence electrons. The molecule has 9 nitrogen and oxygen atoms in total. The fraction of sp³-hybridized carbons (Fsp3) is 0.378. The lowest BCUT2D eigenvalue weighted by Gasteiger charge is -2.52. The van der Waals surface area contributed by atoms with Gasteiger partial charge in [-0.3, -0.25) is 4.79 Å². The van der Waals surface area contributed by atoms with Crippen molar-refractivity contribution in [3.05, 3.63) is 113 Å². The lowest BCUT2D eigenvalue weighted by Crippen LogP contribution is -2.65. The molecule has 2 N–H and O–H groups in total. The number of halogens is 1. The van der Waals surface area contributed by atoms with Crippen LogP contribution in [0.25, 0.3) is 0 Å². The monoisotopic (exact) mass is 657 g/mol. The van der Waals surface area contributed by atoms with E-state index in [0.717, 1.165) is 48.8 Å². The fourth-order valence-corrected chi connectivity index (χ4v) is 6.83. The van der Waals surface area contributed by atoms with Gasteiger partial charge in [-0.15, -0.1) is 4.99 Å². The van der Waals surface area contributed by atoms with Crippen LogP contribution in [0.3, 0.4) is 0 Å². The number of nitrogens with two attached hydrogens (primary N) is 1. The Morgan fingerprint density at radius 2 is 1.40 bits per heavy atom. The zero-order chi connectivity index (χ0) is 33.1. The molecule has 1 aliphatic heterocycles. The first-order valence-electron chi connectivity index (χ1n) is 16.3. The summed E-state index contributed by atoms with van der Waals surface area (Å²) >= 11 is 6.01. The minimum absolute atomic E-state index is 0.0201. The summed E-state index contributed by atoms with van der Waals surface area (Å²) in [5.74, 6) is -0.243. The van der Waals surface area contributed by atoms with E-state index in [9.17, 15) is 14.4 Å². The van der Waals surface area contributed by atoms with Crippen LogP contribution < -0.4 is 5.73 Å². The van der Waals surface area contributed by atoms with Crippen LogP contribution in [0.15, 0.2) is 89.9 Å². The van der Waals surface area contributed by atoms with E-state index in [0.29, 0.717) is 37.4 Å². The molecule has 1 aliphatic carbocycles. The van der Waals surface area contributed by atoms with Crippen molar-refractivity contribution in [3.8, 4) is 0 Å². The number of nitrogens with zero attached hydrogens (tertiary/aromatic N) is 3. The predicted molar refractivity (Wildman–Crippen MR) is 181 cm³/mol. The van der Waals surface area contributed by atoms with E-state index < -0.39 is 17.7 Å². The van der Waals surface area contributed by atoms with Crippen molar-refractivity contribution in [2.75, 3.05) is 13.1 Å². The molecule has 1 radical (unpaired) electrons. The Morgan fingerprint density at radius 3 is 2.00 bits per heavy atom. The van der Waals surface area contributed by atoms with E-state index in [1.807, 2.05) is 89.8 Å². The third-order valence-electron chi connectivity index (χ3n) is 9.20. The molecule has 1 saturated carbocycles. The fourth-order valence-electron chi connectivity index (χ4n) is 6.71. The zero-order valence-electron chi connectivity index (χ0n) is 26.6. The Kier molecular flexibility index (Phi) is 11.9. The molecule has 0 bridgehead atoms. The van der Waals surface area contributed by atoms with Gasteiger partial charge in [0.2, 0.25) is 11.9 Å². The first kappa shape index (κ1) is 34.0. The van der Waals surface area contributed by atoms with E-state index in [-0.39, 0.29) is 31.0 Å². The summed E-state index contributed by atoms with van der Waals surface area (Å²) in [6.45, 7) is 0.889. The maximum Gasteiger partial charge on any atom is 0.437 e. The standard InChI is InChI=1S/C37H42ClN4O5/c38-32-19-16-28(17-20-32)18-21-33(43)41-24-22-37(23-25-41,31-14-8-3-9-15-31)42(36(45)47-27-30-12-6-2-7-13-30)34(39)40-35(44)46-26-29-10-4-1-5-11-29/h1-2,4-7,10-13,16-17,19-21,31H,3,8-9,14-15,18,22-27H2,(H2,39,40,44). The van der Waals surface area contributed by atoms with Crippen LogP contribution in [0.2, 0.25) is 5.02 Å². The Labute approximate surface area is 281 Å². The highest BCUT2D eigenvalue weighted by Gasteiger charge is 2.51. The van der Waals surface area contributed by atoms with Gasteiger partial charge in [0.05, 0.1) is 12.0 Å². The molecule has 0 aromatic heterocycles. The van der Waals surface area contributed by atoms with Gasteiger partial charge in [-0.1, -0.05) is 104 Å². The Balaban J connectivity index is 1.37. The van der Waals surface area contributed by atoms with Gasteiger partial charge in [0.25, 0.3) is 0 Å². The number of hydrogen-bond acceptors (Lipinski definition) is 5. The lowest BCUT2D eigenvalue weighted by atomic mass is 9.68. The average Bonchev–Trinajstić information content (AvgIpc) is 3.11. The molecule has 3 amide bonds. The van der Waals surface area contributed by atoms with E-state index in [1.165, 1.54) is 4.90 Å². The second-order valence-corrected chi connectivity index (χ2v) is 12.6. The van der Waals surface area contributed by atoms with Crippen molar-refractivity contribution in [2.24, 2.45) is 16.6 Å². The molecule has 1 heterocycles. The van der Waals surface area contributed by atoms with E-state index in [4.69, 9.17) is 26.8 Å². The number of ether oxygens (including phenoxy) is 2. The van der Waals surface area contributed by atoms with Gasteiger partial charge in [-0.2, -0.15) is 0 Å². The van der Waals surface area contributed by atoms with Crippen molar-refractivity contribution in [1.29, 1.82) is 0 Å². The molecule has 0 unspecified atom stereocenters. The van der Waals surface area contributed by atoms with E-state index in [1.54, 1.807) is 6.42 Å². The third-order valence-corrected chi connectivity index (χ3v) is 9.46. The normalized spacial score (nSPS) is 16.7. The zero-order valence-corrected chi connectivity index (χ0v) is 27.3. The molecule has 47 heavy (non-hydrogen) atoms. The number of carbonyl (C=O) groups excluding carboxylic acids is 3. The number of rotatable bonds is 9. The summed E-state index contributed by atoms with van der Waals surface area (Å²) < 4.78 is 11.2. The first-order chi connectivity index (χ1) is 22.8. The number of likely N-dealkylation sites (tertiary alicyclic amines) is 1. The molecular formula is C37H42ClN4O5. The molecule has 5 rings (SSSR count). The van der Waals surface area contributed by atoms with Crippen LogP contribution in [0, 0.1) is 12.3 Å². The summed E-state index contributed by atoms with van der Waals surface area (Å²) in [6, 6.07) is 26.1. The van der Waals surface area contributed by atoms with Crippen molar-refractivity contribution in [2.45, 2.75) is 70.1 Å². The molecular weight excluding hydrogens is 616 g/mol. The summed E-state index contributed by atoms with van der Waals surface area (Å²) in [5, 5.41) is 0.647. The van der Waals surface area contributed by atoms with Crippen molar-refractivity contribution in [3.63, 3.8) is 0 Å². The third kappa shape index (κ3) is 9.13. The van der Waals surface area contributed by atoms with Crippen molar-refractivity contribution < 1.29 is 23.9 Å². The van der Waals surface area contributed by atoms with Crippen molar-refractivity contribution in [1.82, 2.24) is 9.80 Å². The van der Waals surface area contributed by atoms with Gasteiger partial charge < -0.3 is 20.1 Å². The average molecular weight is 658 g/mol. The lowest BCUT2D eigenvalue weighted by molar-refractivity contribution is -0.130. The largest absolute Gasteiger partial charge is 0.444 e. The minimum Gasteiger partial charge on any atom is -0.444 e. The van der Waals surface area contributed by atoms with Crippen LogP contribution in [-0.4, -0.2) is 52.5 Å². The number of aliphatic imine (C=N–C) groups is 1. The maximum absolute atomic E-state index is 14.1. The van der Waals surface area contributed by atoms with Gasteiger partial charge in [0.1, 0.15) is 13.2 Å². The number of amides is 3. The Bertz CT molecular complexity index is 1500. The van der Waals surface area contributed by atoms with E-state index >= 15 is 0 Å². The number of carbonyl (C=O) groups is 3. The van der Waals surface area contributed by atoms with Gasteiger partial charge in [-0.25, -0.2) is 14.5 Å². The second-order valence-electron chi connectivity index (χ2n) is 12.2. The smallest absolute Gasteiger partial charge is 0.437 e. The quantitative estimate of drug-likeness (QED) is 0.191. The van der Waals surface area contributed by atoms with Crippen LogP contribution in [0.5, 0.6) is 0 Å². The van der Waals surface area contributed by atoms with Crippen LogP contribution in [0.4, 0.5) is 9.59 Å². The van der Waals surface area contributed by atoms with Crippen LogP contribution in [-0.2, 0) is 33.9 Å². The number of guanidine groups is 1.